The van der Waals surface area contributed by atoms with Crippen molar-refractivity contribution < 1.29 is 9.90 Å². The fourth-order valence-electron chi connectivity index (χ4n) is 1.93. The van der Waals surface area contributed by atoms with Gasteiger partial charge in [0.05, 0.1) is 6.54 Å². The highest BCUT2D eigenvalue weighted by Gasteiger charge is 2.18. The molecule has 1 aromatic rings. The van der Waals surface area contributed by atoms with Gasteiger partial charge in [-0.3, -0.25) is 9.69 Å². The summed E-state index contributed by atoms with van der Waals surface area (Å²) in [7, 11) is 0. The Balaban J connectivity index is 1.93. The highest BCUT2D eigenvalue weighted by Crippen LogP contribution is 2.20. The Morgan fingerprint density at radius 3 is 2.82 bits per heavy atom. The Morgan fingerprint density at radius 1 is 1.35 bits per heavy atom. The molecule has 6 nitrogen and oxygen atoms in total. The summed E-state index contributed by atoms with van der Waals surface area (Å²) >= 11 is 1.59. The van der Waals surface area contributed by atoms with Crippen LogP contribution in [0.5, 0.6) is 0 Å². The lowest BCUT2D eigenvalue weighted by Crippen LogP contribution is -2.34. The van der Waals surface area contributed by atoms with Crippen molar-refractivity contribution in [1.29, 1.82) is 0 Å². The predicted octanol–water partition coefficient (Wildman–Crippen LogP) is 0.443. The summed E-state index contributed by atoms with van der Waals surface area (Å²) in [6.45, 7) is 5.41. The molecule has 0 unspecified atom stereocenters. The summed E-state index contributed by atoms with van der Waals surface area (Å²) in [4.78, 5) is 14.8. The van der Waals surface area contributed by atoms with Gasteiger partial charge in [-0.1, -0.05) is 11.3 Å². The first kappa shape index (κ1) is 12.3. The third-order valence-electron chi connectivity index (χ3n) is 2.73. The zero-order valence-electron chi connectivity index (χ0n) is 9.80. The lowest BCUT2D eigenvalue weighted by molar-refractivity contribution is -0.138. The number of carboxylic acids is 1. The molecule has 0 atom stereocenters. The number of hydrogen-bond acceptors (Lipinski definition) is 6. The monoisotopic (exact) mass is 256 g/mol. The zero-order chi connectivity index (χ0) is 12.3. The van der Waals surface area contributed by atoms with E-state index in [1.54, 1.807) is 11.3 Å². The molecule has 0 saturated carbocycles. The normalized spacial score (nSPS) is 18.1. The van der Waals surface area contributed by atoms with Crippen LogP contribution < -0.4 is 4.90 Å². The maximum atomic E-state index is 10.7. The molecule has 0 aliphatic carbocycles. The van der Waals surface area contributed by atoms with Gasteiger partial charge in [0.1, 0.15) is 5.01 Å². The fraction of sp³-hybridized carbons (Fsp3) is 0.700. The molecular formula is C10H16N4O2S. The second-order valence-corrected chi connectivity index (χ2v) is 5.27. The molecule has 94 valence electrons. The predicted molar refractivity (Wildman–Crippen MR) is 65.6 cm³/mol. The number of rotatable bonds is 3. The van der Waals surface area contributed by atoms with Crippen molar-refractivity contribution in [3.8, 4) is 0 Å². The Bertz CT molecular complexity index is 395. The smallest absolute Gasteiger partial charge is 0.317 e. The molecule has 7 heteroatoms. The maximum absolute atomic E-state index is 10.7. The van der Waals surface area contributed by atoms with Crippen LogP contribution in [0, 0.1) is 6.92 Å². The van der Waals surface area contributed by atoms with Crippen molar-refractivity contribution in [2.45, 2.75) is 13.3 Å². The van der Waals surface area contributed by atoms with E-state index in [1.165, 1.54) is 0 Å². The van der Waals surface area contributed by atoms with Crippen molar-refractivity contribution in [3.05, 3.63) is 5.01 Å². The molecule has 1 aliphatic heterocycles. The molecule has 1 aliphatic rings. The van der Waals surface area contributed by atoms with Crippen LogP contribution in [0.1, 0.15) is 11.4 Å². The van der Waals surface area contributed by atoms with Crippen LogP contribution in [0.2, 0.25) is 0 Å². The topological polar surface area (TPSA) is 69.6 Å². The minimum atomic E-state index is -0.759. The van der Waals surface area contributed by atoms with Gasteiger partial charge in [0, 0.05) is 26.2 Å². The summed E-state index contributed by atoms with van der Waals surface area (Å²) in [5.41, 5.74) is 0. The summed E-state index contributed by atoms with van der Waals surface area (Å²) in [5, 5.41) is 18.8. The van der Waals surface area contributed by atoms with Crippen molar-refractivity contribution >= 4 is 22.4 Å². The molecular weight excluding hydrogens is 240 g/mol. The van der Waals surface area contributed by atoms with Crippen molar-refractivity contribution in [2.24, 2.45) is 0 Å². The number of aromatic nitrogens is 2. The third-order valence-corrected chi connectivity index (χ3v) is 3.63. The summed E-state index contributed by atoms with van der Waals surface area (Å²) < 4.78 is 0. The van der Waals surface area contributed by atoms with Crippen LogP contribution in [0.4, 0.5) is 5.13 Å². The van der Waals surface area contributed by atoms with Crippen LogP contribution in [-0.4, -0.2) is 58.9 Å². The molecule has 0 amide bonds. The third kappa shape index (κ3) is 3.37. The molecule has 17 heavy (non-hydrogen) atoms. The van der Waals surface area contributed by atoms with E-state index >= 15 is 0 Å². The second kappa shape index (κ2) is 5.42. The molecule has 0 radical (unpaired) electrons. The quantitative estimate of drug-likeness (QED) is 0.846. The van der Waals surface area contributed by atoms with Gasteiger partial charge in [-0.2, -0.15) is 0 Å². The van der Waals surface area contributed by atoms with Crippen molar-refractivity contribution in [1.82, 2.24) is 15.1 Å². The van der Waals surface area contributed by atoms with Gasteiger partial charge >= 0.3 is 5.97 Å². The molecule has 1 N–H and O–H groups in total. The van der Waals surface area contributed by atoms with Gasteiger partial charge in [-0.05, 0) is 13.3 Å². The van der Waals surface area contributed by atoms with E-state index in [4.69, 9.17) is 5.11 Å². The summed E-state index contributed by atoms with van der Waals surface area (Å²) in [6, 6.07) is 0. The second-order valence-electron chi connectivity index (χ2n) is 4.11. The average molecular weight is 256 g/mol. The molecule has 1 aromatic heterocycles. The van der Waals surface area contributed by atoms with E-state index in [2.05, 4.69) is 15.1 Å². The molecule has 2 heterocycles. The first-order chi connectivity index (χ1) is 8.15. The first-order valence-corrected chi connectivity index (χ1v) is 6.46. The molecule has 1 fully saturated rings. The zero-order valence-corrected chi connectivity index (χ0v) is 10.6. The Labute approximate surface area is 104 Å². The molecule has 1 saturated heterocycles. The highest BCUT2D eigenvalue weighted by molar-refractivity contribution is 7.15. The van der Waals surface area contributed by atoms with Crippen LogP contribution >= 0.6 is 11.3 Å². The van der Waals surface area contributed by atoms with E-state index in [9.17, 15) is 4.79 Å². The lowest BCUT2D eigenvalue weighted by atomic mass is 10.4. The van der Waals surface area contributed by atoms with E-state index < -0.39 is 5.97 Å². The van der Waals surface area contributed by atoms with E-state index in [0.29, 0.717) is 0 Å². The Morgan fingerprint density at radius 2 is 2.18 bits per heavy atom. The average Bonchev–Trinajstić information content (AvgIpc) is 2.56. The van der Waals surface area contributed by atoms with Gasteiger partial charge in [-0.15, -0.1) is 10.2 Å². The fourth-order valence-corrected chi connectivity index (χ4v) is 2.66. The summed E-state index contributed by atoms with van der Waals surface area (Å²) in [6.07, 6.45) is 0.964. The number of carbonyl (C=O) groups is 1. The Hall–Kier alpha value is -1.21. The number of nitrogens with zero attached hydrogens (tertiary/aromatic N) is 4. The SMILES string of the molecule is Cc1nnc(N2CCCN(CC(=O)O)CC2)s1. The standard InChI is InChI=1S/C10H16N4O2S/c1-8-11-12-10(17-8)14-4-2-3-13(5-6-14)7-9(15)16/h2-7H2,1H3,(H,15,16). The lowest BCUT2D eigenvalue weighted by Gasteiger charge is -2.19. The number of carboxylic acid groups (broad SMARTS) is 1. The van der Waals surface area contributed by atoms with Crippen LogP contribution in [0.3, 0.4) is 0 Å². The minimum absolute atomic E-state index is 0.128. The van der Waals surface area contributed by atoms with Crippen molar-refractivity contribution in [2.75, 3.05) is 37.6 Å². The van der Waals surface area contributed by atoms with Gasteiger partial charge in [0.2, 0.25) is 5.13 Å². The number of aryl methyl sites for hydroxylation is 1. The summed E-state index contributed by atoms with van der Waals surface area (Å²) in [5.74, 6) is -0.759. The maximum Gasteiger partial charge on any atom is 0.317 e. The Kier molecular flexibility index (Phi) is 3.90. The number of aliphatic carboxylic acids is 1. The van der Waals surface area contributed by atoms with Gasteiger partial charge in [0.15, 0.2) is 0 Å². The van der Waals surface area contributed by atoms with E-state index in [0.717, 1.165) is 42.7 Å². The van der Waals surface area contributed by atoms with Gasteiger partial charge in [-0.25, -0.2) is 0 Å². The molecule has 0 bridgehead atoms. The van der Waals surface area contributed by atoms with Gasteiger partial charge in [0.25, 0.3) is 0 Å². The molecule has 2 rings (SSSR count). The van der Waals surface area contributed by atoms with Crippen LogP contribution in [0.15, 0.2) is 0 Å². The van der Waals surface area contributed by atoms with Crippen molar-refractivity contribution in [3.63, 3.8) is 0 Å². The minimum Gasteiger partial charge on any atom is -0.480 e. The molecule has 0 spiro atoms. The van der Waals surface area contributed by atoms with E-state index in [-0.39, 0.29) is 6.54 Å². The first-order valence-electron chi connectivity index (χ1n) is 5.64. The van der Waals surface area contributed by atoms with Gasteiger partial charge < -0.3 is 10.0 Å². The largest absolute Gasteiger partial charge is 0.480 e. The molecule has 0 aromatic carbocycles. The van der Waals surface area contributed by atoms with Crippen LogP contribution in [-0.2, 0) is 4.79 Å². The van der Waals surface area contributed by atoms with Crippen LogP contribution in [0.25, 0.3) is 0 Å². The number of hydrogen-bond donors (Lipinski definition) is 1. The van der Waals surface area contributed by atoms with E-state index in [1.807, 2.05) is 11.8 Å². The highest BCUT2D eigenvalue weighted by atomic mass is 32.1. The number of anilines is 1.